The van der Waals surface area contributed by atoms with Crippen molar-refractivity contribution in [2.24, 2.45) is 0 Å². The number of nitrogens with zero attached hydrogens (tertiary/aromatic N) is 3. The quantitative estimate of drug-likeness (QED) is 0.828. The monoisotopic (exact) mass is 222 g/mol. The third-order valence-corrected chi connectivity index (χ3v) is 2.83. The van der Waals surface area contributed by atoms with Gasteiger partial charge >= 0.3 is 0 Å². The Kier molecular flexibility index (Phi) is 3.56. The van der Waals surface area contributed by atoms with E-state index >= 15 is 0 Å². The summed E-state index contributed by atoms with van der Waals surface area (Å²) in [6, 6.07) is 0. The summed E-state index contributed by atoms with van der Waals surface area (Å²) in [7, 11) is 1.98. The number of nitrogens with two attached hydrogens (primary N) is 1. The molecule has 0 aliphatic carbocycles. The molecule has 1 aromatic heterocycles. The molecular formula is C11H18N4O. The van der Waals surface area contributed by atoms with Crippen LogP contribution in [0, 0.1) is 0 Å². The van der Waals surface area contributed by atoms with Gasteiger partial charge in [-0.25, -0.2) is 9.97 Å². The van der Waals surface area contributed by atoms with Crippen molar-refractivity contribution in [1.82, 2.24) is 9.97 Å². The highest BCUT2D eigenvalue weighted by molar-refractivity contribution is 5.60. The summed E-state index contributed by atoms with van der Waals surface area (Å²) in [5.74, 6) is 0.782. The first kappa shape index (κ1) is 11.1. The molecule has 1 aliphatic rings. The molecule has 5 nitrogen and oxygen atoms in total. The third kappa shape index (κ3) is 2.61. The topological polar surface area (TPSA) is 64.3 Å². The molecule has 0 spiro atoms. The maximum absolute atomic E-state index is 5.82. The van der Waals surface area contributed by atoms with Crippen LogP contribution in [0.25, 0.3) is 0 Å². The number of likely N-dealkylation sites (N-methyl/N-ethyl adjacent to an activating group) is 1. The molecule has 0 bridgehead atoms. The van der Waals surface area contributed by atoms with Gasteiger partial charge in [0.1, 0.15) is 6.33 Å². The van der Waals surface area contributed by atoms with Gasteiger partial charge in [0, 0.05) is 20.2 Å². The molecule has 1 atom stereocenters. The molecule has 16 heavy (non-hydrogen) atoms. The van der Waals surface area contributed by atoms with Gasteiger partial charge in [0.25, 0.3) is 0 Å². The molecule has 1 aliphatic heterocycles. The van der Waals surface area contributed by atoms with Gasteiger partial charge < -0.3 is 15.4 Å². The fourth-order valence-electron chi connectivity index (χ4n) is 2.00. The molecule has 0 saturated carbocycles. The van der Waals surface area contributed by atoms with Crippen LogP contribution in [-0.2, 0) is 4.74 Å². The van der Waals surface area contributed by atoms with Crippen LogP contribution in [0.2, 0.25) is 0 Å². The van der Waals surface area contributed by atoms with E-state index < -0.39 is 0 Å². The largest absolute Gasteiger partial charge is 0.394 e. The van der Waals surface area contributed by atoms with E-state index in [4.69, 9.17) is 10.5 Å². The Balaban J connectivity index is 1.96. The summed E-state index contributed by atoms with van der Waals surface area (Å²) >= 11 is 0. The lowest BCUT2D eigenvalue weighted by molar-refractivity contribution is 0.0215. The van der Waals surface area contributed by atoms with E-state index in [-0.39, 0.29) is 0 Å². The molecule has 2 heterocycles. The molecule has 1 unspecified atom stereocenters. The lowest BCUT2D eigenvalue weighted by atomic mass is 10.1. The molecular weight excluding hydrogens is 204 g/mol. The summed E-state index contributed by atoms with van der Waals surface area (Å²) in [5.41, 5.74) is 6.43. The van der Waals surface area contributed by atoms with Crippen LogP contribution >= 0.6 is 0 Å². The zero-order valence-corrected chi connectivity index (χ0v) is 9.59. The summed E-state index contributed by atoms with van der Waals surface area (Å²) in [4.78, 5) is 10.1. The average molecular weight is 222 g/mol. The first-order valence-electron chi connectivity index (χ1n) is 5.65. The van der Waals surface area contributed by atoms with Gasteiger partial charge in [-0.05, 0) is 19.3 Å². The maximum atomic E-state index is 5.82. The minimum absolute atomic E-state index is 0.299. The highest BCUT2D eigenvalue weighted by Gasteiger charge is 2.17. The SMILES string of the molecule is CN(CC1CCCCO1)c1ncncc1N. The van der Waals surface area contributed by atoms with Crippen molar-refractivity contribution in [1.29, 1.82) is 0 Å². The third-order valence-electron chi connectivity index (χ3n) is 2.83. The number of hydrogen-bond donors (Lipinski definition) is 1. The molecule has 1 fully saturated rings. The fourth-order valence-corrected chi connectivity index (χ4v) is 2.00. The first-order chi connectivity index (χ1) is 7.77. The van der Waals surface area contributed by atoms with Crippen LogP contribution in [0.4, 0.5) is 11.5 Å². The number of nitrogen functional groups attached to an aromatic ring is 1. The van der Waals surface area contributed by atoms with E-state index in [0.29, 0.717) is 11.8 Å². The van der Waals surface area contributed by atoms with E-state index in [9.17, 15) is 0 Å². The molecule has 1 saturated heterocycles. The van der Waals surface area contributed by atoms with Crippen molar-refractivity contribution in [3.63, 3.8) is 0 Å². The predicted molar refractivity (Wildman–Crippen MR) is 63.3 cm³/mol. The van der Waals surface area contributed by atoms with Crippen LogP contribution in [-0.4, -0.2) is 36.3 Å². The van der Waals surface area contributed by atoms with Gasteiger partial charge in [0.2, 0.25) is 0 Å². The molecule has 1 aromatic rings. The second kappa shape index (κ2) is 5.12. The predicted octanol–water partition coefficient (Wildman–Crippen LogP) is 1.06. The lowest BCUT2D eigenvalue weighted by Crippen LogP contribution is -2.34. The summed E-state index contributed by atoms with van der Waals surface area (Å²) in [5, 5.41) is 0. The van der Waals surface area contributed by atoms with Crippen LogP contribution in [0.15, 0.2) is 12.5 Å². The van der Waals surface area contributed by atoms with Crippen molar-refractivity contribution in [2.45, 2.75) is 25.4 Å². The maximum Gasteiger partial charge on any atom is 0.155 e. The second-order valence-electron chi connectivity index (χ2n) is 4.17. The van der Waals surface area contributed by atoms with Gasteiger partial charge in [-0.15, -0.1) is 0 Å². The molecule has 5 heteroatoms. The van der Waals surface area contributed by atoms with E-state index in [1.807, 2.05) is 11.9 Å². The van der Waals surface area contributed by atoms with Crippen LogP contribution in [0.5, 0.6) is 0 Å². The van der Waals surface area contributed by atoms with Gasteiger partial charge in [0.15, 0.2) is 5.82 Å². The van der Waals surface area contributed by atoms with E-state index in [1.54, 1.807) is 6.20 Å². The minimum atomic E-state index is 0.299. The van der Waals surface area contributed by atoms with Gasteiger partial charge in [-0.2, -0.15) is 0 Å². The number of rotatable bonds is 3. The van der Waals surface area contributed by atoms with Crippen molar-refractivity contribution < 1.29 is 4.74 Å². The summed E-state index contributed by atoms with van der Waals surface area (Å²) < 4.78 is 5.68. The number of hydrogen-bond acceptors (Lipinski definition) is 5. The van der Waals surface area contributed by atoms with Crippen molar-refractivity contribution in [3.05, 3.63) is 12.5 Å². The number of aromatic nitrogens is 2. The Morgan fingerprint density at radius 2 is 2.44 bits per heavy atom. The molecule has 0 radical (unpaired) electrons. The molecule has 2 rings (SSSR count). The number of ether oxygens (including phenoxy) is 1. The highest BCUT2D eigenvalue weighted by Crippen LogP contribution is 2.19. The Bertz CT molecular complexity index is 339. The first-order valence-corrected chi connectivity index (χ1v) is 5.65. The lowest BCUT2D eigenvalue weighted by Gasteiger charge is -2.28. The molecule has 0 amide bonds. The molecule has 2 N–H and O–H groups in total. The Morgan fingerprint density at radius 3 is 3.12 bits per heavy atom. The van der Waals surface area contributed by atoms with Gasteiger partial charge in [-0.3, -0.25) is 0 Å². The number of anilines is 2. The van der Waals surface area contributed by atoms with Gasteiger partial charge in [-0.1, -0.05) is 0 Å². The van der Waals surface area contributed by atoms with Crippen molar-refractivity contribution in [2.75, 3.05) is 30.8 Å². The second-order valence-corrected chi connectivity index (χ2v) is 4.17. The standard InChI is InChI=1S/C11H18N4O/c1-15(7-9-4-2-3-5-16-9)11-10(12)6-13-8-14-11/h6,8-9H,2-5,7,12H2,1H3. The van der Waals surface area contributed by atoms with E-state index in [2.05, 4.69) is 9.97 Å². The van der Waals surface area contributed by atoms with E-state index in [1.165, 1.54) is 19.2 Å². The normalized spacial score (nSPS) is 20.7. The van der Waals surface area contributed by atoms with Gasteiger partial charge in [0.05, 0.1) is 18.0 Å². The zero-order chi connectivity index (χ0) is 11.4. The smallest absolute Gasteiger partial charge is 0.155 e. The highest BCUT2D eigenvalue weighted by atomic mass is 16.5. The Labute approximate surface area is 95.6 Å². The zero-order valence-electron chi connectivity index (χ0n) is 9.59. The van der Waals surface area contributed by atoms with Crippen LogP contribution in [0.1, 0.15) is 19.3 Å². The average Bonchev–Trinajstić information content (AvgIpc) is 2.31. The van der Waals surface area contributed by atoms with E-state index in [0.717, 1.165) is 25.4 Å². The fraction of sp³-hybridized carbons (Fsp3) is 0.636. The Hall–Kier alpha value is -1.36. The summed E-state index contributed by atoms with van der Waals surface area (Å²) in [6.07, 6.45) is 6.99. The summed E-state index contributed by atoms with van der Waals surface area (Å²) in [6.45, 7) is 1.71. The van der Waals surface area contributed by atoms with Crippen LogP contribution in [0.3, 0.4) is 0 Å². The van der Waals surface area contributed by atoms with Crippen molar-refractivity contribution >= 4 is 11.5 Å². The van der Waals surface area contributed by atoms with Crippen molar-refractivity contribution in [3.8, 4) is 0 Å². The Morgan fingerprint density at radius 1 is 1.56 bits per heavy atom. The molecule has 0 aromatic carbocycles. The minimum Gasteiger partial charge on any atom is -0.394 e. The van der Waals surface area contributed by atoms with Crippen LogP contribution < -0.4 is 10.6 Å². The molecule has 88 valence electrons.